The fourth-order valence-corrected chi connectivity index (χ4v) is 2.20. The Balaban J connectivity index is 2.94. The van der Waals surface area contributed by atoms with Crippen LogP contribution in [-0.2, 0) is 4.79 Å². The molecule has 0 aromatic carbocycles. The van der Waals surface area contributed by atoms with E-state index in [9.17, 15) is 4.79 Å². The molecular formula is C13H22N2O. The van der Waals surface area contributed by atoms with Crippen LogP contribution < -0.4 is 0 Å². The second kappa shape index (κ2) is 5.19. The van der Waals surface area contributed by atoms with Gasteiger partial charge in [0.25, 0.3) is 0 Å². The molecule has 1 amide bonds. The number of rotatable bonds is 4. The molecule has 1 unspecified atom stereocenters. The van der Waals surface area contributed by atoms with Crippen LogP contribution in [0.2, 0.25) is 0 Å². The van der Waals surface area contributed by atoms with Crippen molar-refractivity contribution in [3.05, 3.63) is 23.5 Å². The molecule has 0 radical (unpaired) electrons. The van der Waals surface area contributed by atoms with E-state index in [0.29, 0.717) is 0 Å². The SMILES string of the molecule is CCN(CC)C(=O)C(C)n1c(C)ccc1C. The minimum Gasteiger partial charge on any atom is -0.341 e. The fraction of sp³-hybridized carbons (Fsp3) is 0.615. The molecule has 0 bridgehead atoms. The van der Waals surface area contributed by atoms with Crippen LogP contribution in [0.3, 0.4) is 0 Å². The third kappa shape index (κ3) is 2.29. The summed E-state index contributed by atoms with van der Waals surface area (Å²) in [6.07, 6.45) is 0. The maximum atomic E-state index is 12.2. The molecule has 0 spiro atoms. The van der Waals surface area contributed by atoms with Crippen LogP contribution in [0.5, 0.6) is 0 Å². The molecule has 1 atom stereocenters. The number of nitrogens with zero attached hydrogens (tertiary/aromatic N) is 2. The van der Waals surface area contributed by atoms with Gasteiger partial charge in [-0.15, -0.1) is 0 Å². The number of hydrogen-bond donors (Lipinski definition) is 0. The van der Waals surface area contributed by atoms with E-state index in [1.165, 1.54) is 0 Å². The minimum atomic E-state index is -0.102. The molecule has 0 N–H and O–H groups in total. The Morgan fingerprint density at radius 1 is 1.25 bits per heavy atom. The lowest BCUT2D eigenvalue weighted by molar-refractivity contribution is -0.133. The second-order valence-corrected chi connectivity index (χ2v) is 4.17. The molecular weight excluding hydrogens is 200 g/mol. The van der Waals surface area contributed by atoms with Gasteiger partial charge >= 0.3 is 0 Å². The Bertz CT molecular complexity index is 345. The van der Waals surface area contributed by atoms with Crippen LogP contribution in [0.25, 0.3) is 0 Å². The van der Waals surface area contributed by atoms with Crippen molar-refractivity contribution in [2.75, 3.05) is 13.1 Å². The van der Waals surface area contributed by atoms with E-state index in [4.69, 9.17) is 0 Å². The van der Waals surface area contributed by atoms with E-state index in [1.54, 1.807) is 0 Å². The van der Waals surface area contributed by atoms with Crippen molar-refractivity contribution in [1.82, 2.24) is 9.47 Å². The van der Waals surface area contributed by atoms with Gasteiger partial charge in [-0.3, -0.25) is 4.79 Å². The molecule has 0 saturated carbocycles. The first-order chi connectivity index (χ1) is 7.52. The third-order valence-corrected chi connectivity index (χ3v) is 3.15. The van der Waals surface area contributed by atoms with Gasteiger partial charge in [-0.1, -0.05) is 0 Å². The quantitative estimate of drug-likeness (QED) is 0.768. The Hall–Kier alpha value is -1.25. The van der Waals surface area contributed by atoms with Crippen LogP contribution in [0.15, 0.2) is 12.1 Å². The molecule has 90 valence electrons. The predicted octanol–water partition coefficient (Wildman–Crippen LogP) is 2.53. The maximum absolute atomic E-state index is 12.2. The topological polar surface area (TPSA) is 25.2 Å². The molecule has 3 heteroatoms. The lowest BCUT2D eigenvalue weighted by Crippen LogP contribution is -2.36. The first kappa shape index (κ1) is 12.8. The lowest BCUT2D eigenvalue weighted by atomic mass is 10.2. The first-order valence-electron chi connectivity index (χ1n) is 5.96. The molecule has 16 heavy (non-hydrogen) atoms. The van der Waals surface area contributed by atoms with Crippen LogP contribution in [-0.4, -0.2) is 28.5 Å². The number of hydrogen-bond acceptors (Lipinski definition) is 1. The predicted molar refractivity (Wildman–Crippen MR) is 66.5 cm³/mol. The van der Waals surface area contributed by atoms with E-state index >= 15 is 0 Å². The van der Waals surface area contributed by atoms with Crippen molar-refractivity contribution in [2.24, 2.45) is 0 Å². The lowest BCUT2D eigenvalue weighted by Gasteiger charge is -2.25. The largest absolute Gasteiger partial charge is 0.341 e. The zero-order chi connectivity index (χ0) is 12.3. The van der Waals surface area contributed by atoms with E-state index in [2.05, 4.69) is 16.7 Å². The maximum Gasteiger partial charge on any atom is 0.245 e. The molecule has 0 aliphatic rings. The van der Waals surface area contributed by atoms with Crippen molar-refractivity contribution >= 4 is 5.91 Å². The smallest absolute Gasteiger partial charge is 0.245 e. The van der Waals surface area contributed by atoms with E-state index in [1.807, 2.05) is 39.5 Å². The molecule has 0 aliphatic heterocycles. The summed E-state index contributed by atoms with van der Waals surface area (Å²) in [5, 5.41) is 0. The van der Waals surface area contributed by atoms with E-state index in [0.717, 1.165) is 24.5 Å². The highest BCUT2D eigenvalue weighted by Gasteiger charge is 2.21. The normalized spacial score (nSPS) is 12.6. The van der Waals surface area contributed by atoms with E-state index in [-0.39, 0.29) is 11.9 Å². The van der Waals surface area contributed by atoms with Crippen LogP contribution in [0, 0.1) is 13.8 Å². The van der Waals surface area contributed by atoms with Gasteiger partial charge in [0.05, 0.1) is 0 Å². The number of likely N-dealkylation sites (N-methyl/N-ethyl adjacent to an activating group) is 1. The summed E-state index contributed by atoms with van der Waals surface area (Å²) in [4.78, 5) is 14.1. The molecule has 1 rings (SSSR count). The summed E-state index contributed by atoms with van der Waals surface area (Å²) in [5.74, 6) is 0.201. The second-order valence-electron chi connectivity index (χ2n) is 4.17. The highest BCUT2D eigenvalue weighted by atomic mass is 16.2. The van der Waals surface area contributed by atoms with Gasteiger partial charge in [0, 0.05) is 24.5 Å². The summed E-state index contributed by atoms with van der Waals surface area (Å²) >= 11 is 0. The van der Waals surface area contributed by atoms with Crippen molar-refractivity contribution in [1.29, 1.82) is 0 Å². The summed E-state index contributed by atoms with van der Waals surface area (Å²) < 4.78 is 2.10. The van der Waals surface area contributed by atoms with Gasteiger partial charge < -0.3 is 9.47 Å². The minimum absolute atomic E-state index is 0.102. The van der Waals surface area contributed by atoms with Crippen molar-refractivity contribution in [3.8, 4) is 0 Å². The van der Waals surface area contributed by atoms with Crippen molar-refractivity contribution < 1.29 is 4.79 Å². The summed E-state index contributed by atoms with van der Waals surface area (Å²) in [6, 6.07) is 4.01. The summed E-state index contributed by atoms with van der Waals surface area (Å²) in [5.41, 5.74) is 2.29. The van der Waals surface area contributed by atoms with Gasteiger partial charge in [-0.05, 0) is 46.8 Å². The molecule has 0 aliphatic carbocycles. The number of carbonyl (C=O) groups is 1. The van der Waals surface area contributed by atoms with Gasteiger partial charge in [0.1, 0.15) is 6.04 Å². The Morgan fingerprint density at radius 3 is 2.06 bits per heavy atom. The monoisotopic (exact) mass is 222 g/mol. The third-order valence-electron chi connectivity index (χ3n) is 3.15. The number of aryl methyl sites for hydroxylation is 2. The standard InChI is InChI=1S/C13H22N2O/c1-6-14(7-2)13(16)12(5)15-10(3)8-9-11(15)4/h8-9,12H,6-7H2,1-5H3. The number of aromatic nitrogens is 1. The average molecular weight is 222 g/mol. The fourth-order valence-electron chi connectivity index (χ4n) is 2.20. The van der Waals surface area contributed by atoms with Crippen molar-refractivity contribution in [2.45, 2.75) is 40.7 Å². The molecule has 0 fully saturated rings. The molecule has 3 nitrogen and oxygen atoms in total. The summed E-state index contributed by atoms with van der Waals surface area (Å²) in [7, 11) is 0. The Labute approximate surface area is 98.1 Å². The molecule has 1 aromatic rings. The van der Waals surface area contributed by atoms with Gasteiger partial charge in [0.2, 0.25) is 5.91 Å². The van der Waals surface area contributed by atoms with E-state index < -0.39 is 0 Å². The molecule has 1 heterocycles. The average Bonchev–Trinajstić information content (AvgIpc) is 2.59. The van der Waals surface area contributed by atoms with Crippen LogP contribution in [0.1, 0.15) is 38.2 Å². The van der Waals surface area contributed by atoms with Crippen molar-refractivity contribution in [3.63, 3.8) is 0 Å². The number of carbonyl (C=O) groups excluding carboxylic acids is 1. The molecule has 0 saturated heterocycles. The number of amides is 1. The van der Waals surface area contributed by atoms with Gasteiger partial charge in [-0.2, -0.15) is 0 Å². The van der Waals surface area contributed by atoms with Gasteiger partial charge in [-0.25, -0.2) is 0 Å². The zero-order valence-corrected chi connectivity index (χ0v) is 10.9. The van der Waals surface area contributed by atoms with Gasteiger partial charge in [0.15, 0.2) is 0 Å². The Kier molecular flexibility index (Phi) is 4.16. The highest BCUT2D eigenvalue weighted by molar-refractivity contribution is 5.80. The first-order valence-corrected chi connectivity index (χ1v) is 5.96. The Morgan fingerprint density at radius 2 is 1.69 bits per heavy atom. The van der Waals surface area contributed by atoms with Crippen LogP contribution >= 0.6 is 0 Å². The zero-order valence-electron chi connectivity index (χ0n) is 10.9. The summed E-state index contributed by atoms with van der Waals surface area (Å²) in [6.45, 7) is 11.6. The van der Waals surface area contributed by atoms with Crippen LogP contribution in [0.4, 0.5) is 0 Å². The highest BCUT2D eigenvalue weighted by Crippen LogP contribution is 2.17. The molecule has 1 aromatic heterocycles.